The maximum atomic E-state index is 14.0. The first-order chi connectivity index (χ1) is 29.4. The van der Waals surface area contributed by atoms with Crippen LogP contribution in [0.4, 0.5) is 5.69 Å². The van der Waals surface area contributed by atoms with Crippen molar-refractivity contribution in [1.82, 2.24) is 0 Å². The highest BCUT2D eigenvalue weighted by molar-refractivity contribution is 6.46. The van der Waals surface area contributed by atoms with Gasteiger partial charge < -0.3 is 14.4 Å². The lowest BCUT2D eigenvalue weighted by molar-refractivity contribution is -0.385. The highest BCUT2D eigenvalue weighted by Crippen LogP contribution is 2.36. The fourth-order valence-electron chi connectivity index (χ4n) is 8.50. The van der Waals surface area contributed by atoms with Crippen molar-refractivity contribution in [2.24, 2.45) is 34.0 Å². The molecular weight excluding hydrogens is 775 g/mol. The number of hydrogen-bond acceptors (Lipinski definition) is 11. The van der Waals surface area contributed by atoms with Gasteiger partial charge in [0.2, 0.25) is 17.3 Å². The van der Waals surface area contributed by atoms with Crippen LogP contribution in [0.15, 0.2) is 46.7 Å². The van der Waals surface area contributed by atoms with E-state index in [2.05, 4.69) is 31.1 Å². The predicted octanol–water partition coefficient (Wildman–Crippen LogP) is 12.9. The smallest absolute Gasteiger partial charge is 0.335 e. The number of ether oxygens (including phenoxy) is 1. The lowest BCUT2D eigenvalue weighted by Crippen LogP contribution is -2.22. The average molecular weight is 844 g/mol. The molecule has 2 aliphatic rings. The molecule has 0 N–H and O–H groups in total. The Morgan fingerprint density at radius 3 is 1.92 bits per heavy atom. The molecule has 12 heteroatoms. The number of Topliss-reactive ketones (excluding diaryl/α,β-unsaturated/α-hetero) is 2. The van der Waals surface area contributed by atoms with E-state index < -0.39 is 28.3 Å². The van der Waals surface area contributed by atoms with E-state index in [0.717, 1.165) is 96.3 Å². The zero-order chi connectivity index (χ0) is 44.1. The molecule has 0 bridgehead atoms. The summed E-state index contributed by atoms with van der Waals surface area (Å²) >= 11 is 0. The molecular formula is C49H69N3O9. The Kier molecular flexibility index (Phi) is 20.8. The van der Waals surface area contributed by atoms with Gasteiger partial charge in [0, 0.05) is 17.2 Å². The number of carbonyl (C=O) groups is 4. The molecule has 0 saturated heterocycles. The van der Waals surface area contributed by atoms with Crippen LogP contribution in [0.1, 0.15) is 196 Å². The Balaban J connectivity index is 1.60. The van der Waals surface area contributed by atoms with Crippen molar-refractivity contribution in [3.05, 3.63) is 63.2 Å². The number of rotatable bonds is 25. The van der Waals surface area contributed by atoms with Crippen LogP contribution in [0, 0.1) is 33.8 Å². The van der Waals surface area contributed by atoms with Gasteiger partial charge in [0.05, 0.1) is 17.8 Å². The number of carbonyl (C=O) groups excluding carboxylic acids is 4. The lowest BCUT2D eigenvalue weighted by Gasteiger charge is -2.22. The van der Waals surface area contributed by atoms with Gasteiger partial charge in [0.25, 0.3) is 0 Å². The summed E-state index contributed by atoms with van der Waals surface area (Å²) in [5.74, 6) is -0.403. The zero-order valence-electron chi connectivity index (χ0n) is 37.3. The molecule has 0 heterocycles. The van der Waals surface area contributed by atoms with Gasteiger partial charge in [-0.1, -0.05) is 135 Å². The fourth-order valence-corrected chi connectivity index (χ4v) is 8.50. The van der Waals surface area contributed by atoms with Crippen molar-refractivity contribution < 1.29 is 38.5 Å². The van der Waals surface area contributed by atoms with Gasteiger partial charge in [-0.2, -0.15) is 0 Å². The minimum absolute atomic E-state index is 0.0470. The van der Waals surface area contributed by atoms with Crippen molar-refractivity contribution in [3.8, 4) is 11.5 Å². The third-order valence-corrected chi connectivity index (χ3v) is 12.1. The monoisotopic (exact) mass is 844 g/mol. The van der Waals surface area contributed by atoms with E-state index in [1.165, 1.54) is 24.6 Å². The van der Waals surface area contributed by atoms with E-state index in [1.807, 2.05) is 13.8 Å². The molecule has 0 aliphatic heterocycles. The van der Waals surface area contributed by atoms with Gasteiger partial charge in [-0.3, -0.25) is 19.7 Å². The largest absolute Gasteiger partial charge is 0.450 e. The van der Waals surface area contributed by atoms with Crippen LogP contribution in [0.2, 0.25) is 0 Å². The van der Waals surface area contributed by atoms with Crippen molar-refractivity contribution in [2.75, 3.05) is 0 Å². The van der Waals surface area contributed by atoms with E-state index >= 15 is 0 Å². The van der Waals surface area contributed by atoms with Gasteiger partial charge in [-0.05, 0) is 98.1 Å². The van der Waals surface area contributed by atoms with Gasteiger partial charge in [-0.15, -0.1) is 0 Å². The second kappa shape index (κ2) is 25.9. The summed E-state index contributed by atoms with van der Waals surface area (Å²) in [5, 5.41) is 20.7. The van der Waals surface area contributed by atoms with E-state index in [-0.39, 0.29) is 59.1 Å². The molecule has 1 unspecified atom stereocenters. The highest BCUT2D eigenvalue weighted by Gasteiger charge is 2.27. The highest BCUT2D eigenvalue weighted by atomic mass is 16.7. The molecule has 0 radical (unpaired) electrons. The quantitative estimate of drug-likeness (QED) is 0.0236. The maximum Gasteiger partial charge on any atom is 0.335 e. The molecule has 334 valence electrons. The summed E-state index contributed by atoms with van der Waals surface area (Å²) < 4.78 is 6.27. The molecule has 1 atom stereocenters. The zero-order valence-corrected chi connectivity index (χ0v) is 37.3. The summed E-state index contributed by atoms with van der Waals surface area (Å²) in [4.78, 5) is 75.9. The fraction of sp³-hybridized carbons (Fsp3) is 0.633. The normalized spacial score (nSPS) is 16.0. The molecule has 61 heavy (non-hydrogen) atoms. The Labute approximate surface area is 362 Å². The third kappa shape index (κ3) is 16.2. The van der Waals surface area contributed by atoms with Crippen molar-refractivity contribution in [2.45, 2.75) is 176 Å². The molecule has 4 rings (SSSR count). The molecule has 2 aliphatic carbocycles. The number of nitro benzene ring substituents is 1. The Bertz CT molecular complexity index is 1840. The molecule has 0 aromatic heterocycles. The van der Waals surface area contributed by atoms with Crippen molar-refractivity contribution in [3.63, 3.8) is 0 Å². The first kappa shape index (κ1) is 48.9. The number of unbranched alkanes of at least 4 members (excludes halogenated alkanes) is 1. The van der Waals surface area contributed by atoms with Crippen LogP contribution >= 0.6 is 0 Å². The van der Waals surface area contributed by atoms with E-state index in [9.17, 15) is 29.3 Å². The van der Waals surface area contributed by atoms with Crippen molar-refractivity contribution in [1.29, 1.82) is 0 Å². The van der Waals surface area contributed by atoms with E-state index in [1.54, 1.807) is 18.2 Å². The first-order valence-corrected chi connectivity index (χ1v) is 23.1. The van der Waals surface area contributed by atoms with Crippen LogP contribution in [0.3, 0.4) is 0 Å². The first-order valence-electron chi connectivity index (χ1n) is 23.1. The summed E-state index contributed by atoms with van der Waals surface area (Å²) in [5.41, 5.74) is 0.876. The SMILES string of the molecule is CCC/C(=N\OC(=O)CC(CC)CCC)C(=O)c1ccc(Oc2ccc(C(=O)/C(CC3CCCCC3)=N/OC(=O)CC3CCCCC3)cc2[N+](=O)[O-])c(CCCCC(C)C)c1. The molecule has 2 saturated carbocycles. The van der Waals surface area contributed by atoms with Crippen LogP contribution in [-0.4, -0.2) is 39.9 Å². The summed E-state index contributed by atoms with van der Waals surface area (Å²) in [6, 6.07) is 9.01. The number of nitrogens with zero attached hydrogens (tertiary/aromatic N) is 3. The molecule has 0 amide bonds. The van der Waals surface area contributed by atoms with Gasteiger partial charge in [0.15, 0.2) is 0 Å². The topological polar surface area (TPSA) is 164 Å². The number of hydrogen-bond donors (Lipinski definition) is 0. The standard InChI is InChI=1S/C49H69N3O9/c1-6-17-35(8-3)30-46(53)60-50-41(18-7-2)48(55)39-25-27-44(38(32-39)24-16-15-19-34(4)5)59-45-28-26-40(33-43(45)52(57)58)49(56)42(29-36-20-11-9-12-21-36)51-61-47(54)31-37-22-13-10-14-23-37/h25-28,32-37H,6-24,29-31H2,1-5H3/b50-41+,51-42+. The van der Waals surface area contributed by atoms with Crippen LogP contribution in [-0.2, 0) is 25.7 Å². The number of nitro groups is 1. The van der Waals surface area contributed by atoms with Crippen LogP contribution in [0.5, 0.6) is 11.5 Å². The van der Waals surface area contributed by atoms with Crippen molar-refractivity contribution >= 4 is 40.6 Å². The Morgan fingerprint density at radius 1 is 0.721 bits per heavy atom. The number of benzene rings is 2. The number of oxime groups is 2. The summed E-state index contributed by atoms with van der Waals surface area (Å²) in [6.45, 7) is 10.3. The maximum absolute atomic E-state index is 14.0. The minimum atomic E-state index is -0.589. The molecule has 2 fully saturated rings. The van der Waals surface area contributed by atoms with Gasteiger partial charge in [-0.25, -0.2) is 9.59 Å². The molecule has 2 aromatic rings. The van der Waals surface area contributed by atoms with E-state index in [4.69, 9.17) is 14.4 Å². The van der Waals surface area contributed by atoms with Crippen LogP contribution in [0.25, 0.3) is 0 Å². The minimum Gasteiger partial charge on any atom is -0.450 e. The van der Waals surface area contributed by atoms with E-state index in [0.29, 0.717) is 48.5 Å². The number of ketones is 2. The summed E-state index contributed by atoms with van der Waals surface area (Å²) in [7, 11) is 0. The van der Waals surface area contributed by atoms with Crippen LogP contribution < -0.4 is 4.74 Å². The second-order valence-corrected chi connectivity index (χ2v) is 17.6. The lowest BCUT2D eigenvalue weighted by atomic mass is 9.84. The Morgan fingerprint density at radius 2 is 1.31 bits per heavy atom. The van der Waals surface area contributed by atoms with Gasteiger partial charge >= 0.3 is 17.6 Å². The molecule has 12 nitrogen and oxygen atoms in total. The molecule has 2 aromatic carbocycles. The Hall–Kier alpha value is -4.74. The third-order valence-electron chi connectivity index (χ3n) is 12.1. The summed E-state index contributed by atoms with van der Waals surface area (Å²) in [6.07, 6.45) is 18.1. The predicted molar refractivity (Wildman–Crippen MR) is 238 cm³/mol. The average Bonchev–Trinajstić information content (AvgIpc) is 3.25. The second-order valence-electron chi connectivity index (χ2n) is 17.6. The van der Waals surface area contributed by atoms with Gasteiger partial charge in [0.1, 0.15) is 17.2 Å². The number of aryl methyl sites for hydroxylation is 1. The molecule has 0 spiro atoms.